The Morgan fingerprint density at radius 2 is 2.06 bits per heavy atom. The Morgan fingerprint density at radius 1 is 1.25 bits per heavy atom. The third-order valence-electron chi connectivity index (χ3n) is 4.59. The monoisotopic (exact) mass is 449 g/mol. The number of fused-ring (bicyclic) bond motifs is 1. The number of hydrogen-bond acceptors (Lipinski definition) is 6. The van der Waals surface area contributed by atoms with E-state index in [4.69, 9.17) is 5.73 Å². The maximum Gasteiger partial charge on any atom is 0.321 e. The van der Waals surface area contributed by atoms with Crippen molar-refractivity contribution in [3.05, 3.63) is 54.1 Å². The molecule has 1 aromatic carbocycles. The van der Waals surface area contributed by atoms with E-state index in [2.05, 4.69) is 50.5 Å². The van der Waals surface area contributed by atoms with Crippen LogP contribution < -0.4 is 16.4 Å². The molecule has 2 aromatic heterocycles. The van der Waals surface area contributed by atoms with Gasteiger partial charge in [-0.2, -0.15) is 0 Å². The van der Waals surface area contributed by atoms with E-state index in [1.165, 1.54) is 16.9 Å². The predicted molar refractivity (Wildman–Crippen MR) is 133 cm³/mol. The van der Waals surface area contributed by atoms with Gasteiger partial charge in [0, 0.05) is 36.3 Å². The second kappa shape index (κ2) is 10.6. The number of benzene rings is 1. The molecule has 4 N–H and O–H groups in total. The standard InChI is InChI=1S/C23H27N7OS/c1-5-14(3)9-17(12-28-15(4)24)16-10-18(20-13-25-7-8-27-20)21-19(11-16)29-23(32-21)30-22(31)26-6-2/h7-13H,5-6H2,1-4H3,(H2,24,28)(H2,26,29,30,31)/b14-9-,17-12+. The van der Waals surface area contributed by atoms with E-state index in [-0.39, 0.29) is 6.03 Å². The lowest BCUT2D eigenvalue weighted by Gasteiger charge is -2.08. The average molecular weight is 450 g/mol. The molecule has 3 aromatic rings. The number of aromatic nitrogens is 3. The van der Waals surface area contributed by atoms with Crippen molar-refractivity contribution >= 4 is 44.1 Å². The highest BCUT2D eigenvalue weighted by atomic mass is 32.1. The van der Waals surface area contributed by atoms with Crippen LogP contribution in [-0.4, -0.2) is 33.4 Å². The topological polar surface area (TPSA) is 118 Å². The van der Waals surface area contributed by atoms with Crippen LogP contribution in [0.5, 0.6) is 0 Å². The summed E-state index contributed by atoms with van der Waals surface area (Å²) in [6.07, 6.45) is 9.77. The van der Waals surface area contributed by atoms with Crippen molar-refractivity contribution in [3.8, 4) is 11.3 Å². The molecule has 3 rings (SSSR count). The SMILES string of the molecule is CCNC(=O)Nc1nc2cc(C(/C=C(/C)CC)=C/N=C(C)N)cc(-c3cnccn3)c2s1. The largest absolute Gasteiger partial charge is 0.387 e. The van der Waals surface area contributed by atoms with E-state index in [9.17, 15) is 4.79 Å². The van der Waals surface area contributed by atoms with Gasteiger partial charge in [0.2, 0.25) is 0 Å². The van der Waals surface area contributed by atoms with Gasteiger partial charge in [-0.25, -0.2) is 14.8 Å². The maximum absolute atomic E-state index is 12.0. The fourth-order valence-corrected chi connectivity index (χ4v) is 3.88. The first-order valence-corrected chi connectivity index (χ1v) is 11.2. The van der Waals surface area contributed by atoms with Gasteiger partial charge in [0.05, 0.1) is 27.9 Å². The molecule has 0 aliphatic carbocycles. The van der Waals surface area contributed by atoms with Gasteiger partial charge in [-0.1, -0.05) is 29.9 Å². The molecular formula is C23H27N7OS. The lowest BCUT2D eigenvalue weighted by atomic mass is 9.99. The Bertz CT molecular complexity index is 1190. The Labute approximate surface area is 191 Å². The summed E-state index contributed by atoms with van der Waals surface area (Å²) >= 11 is 1.40. The van der Waals surface area contributed by atoms with Crippen molar-refractivity contribution in [2.24, 2.45) is 10.7 Å². The summed E-state index contributed by atoms with van der Waals surface area (Å²) in [5.41, 5.74) is 11.2. The summed E-state index contributed by atoms with van der Waals surface area (Å²) < 4.78 is 0.912. The molecule has 0 saturated carbocycles. The lowest BCUT2D eigenvalue weighted by Crippen LogP contribution is -2.28. The van der Waals surface area contributed by atoms with E-state index in [0.29, 0.717) is 17.5 Å². The van der Waals surface area contributed by atoms with Crippen molar-refractivity contribution in [1.29, 1.82) is 0 Å². The fraction of sp³-hybridized carbons (Fsp3) is 0.261. The van der Waals surface area contributed by atoms with Gasteiger partial charge in [-0.05, 0) is 44.9 Å². The van der Waals surface area contributed by atoms with Crippen molar-refractivity contribution in [3.63, 3.8) is 0 Å². The number of amidine groups is 1. The van der Waals surface area contributed by atoms with Crippen LogP contribution in [0.4, 0.5) is 9.93 Å². The highest BCUT2D eigenvalue weighted by Gasteiger charge is 2.15. The average Bonchev–Trinajstić information content (AvgIpc) is 3.18. The number of hydrogen-bond donors (Lipinski definition) is 3. The van der Waals surface area contributed by atoms with Crippen LogP contribution in [0.3, 0.4) is 0 Å². The second-order valence-corrected chi connectivity index (χ2v) is 8.16. The molecule has 9 heteroatoms. The number of rotatable bonds is 7. The minimum absolute atomic E-state index is 0.289. The molecule has 0 fully saturated rings. The van der Waals surface area contributed by atoms with Crippen LogP contribution in [0.1, 0.15) is 39.7 Å². The van der Waals surface area contributed by atoms with Crippen LogP contribution in [-0.2, 0) is 0 Å². The summed E-state index contributed by atoms with van der Waals surface area (Å²) in [6.45, 7) is 8.32. The molecule has 0 aliphatic heterocycles. The summed E-state index contributed by atoms with van der Waals surface area (Å²) in [4.78, 5) is 29.7. The number of amides is 2. The number of nitrogens with two attached hydrogens (primary N) is 1. The fourth-order valence-electron chi connectivity index (χ4n) is 2.92. The first-order valence-electron chi connectivity index (χ1n) is 10.3. The zero-order valence-corrected chi connectivity index (χ0v) is 19.5. The third kappa shape index (κ3) is 5.76. The molecule has 166 valence electrons. The van der Waals surface area contributed by atoms with Crippen molar-refractivity contribution in [1.82, 2.24) is 20.3 Å². The summed E-state index contributed by atoms with van der Waals surface area (Å²) in [5.74, 6) is 0.474. The van der Waals surface area contributed by atoms with E-state index in [1.807, 2.05) is 19.1 Å². The molecule has 0 aliphatic rings. The molecule has 0 unspecified atom stereocenters. The number of anilines is 1. The molecule has 0 spiro atoms. The Kier molecular flexibility index (Phi) is 7.67. The second-order valence-electron chi connectivity index (χ2n) is 7.17. The molecule has 0 radical (unpaired) electrons. The Hall–Kier alpha value is -3.59. The number of aliphatic imine (C=N–C) groups is 1. The van der Waals surface area contributed by atoms with Crippen molar-refractivity contribution in [2.75, 3.05) is 11.9 Å². The number of nitrogens with zero attached hydrogens (tertiary/aromatic N) is 4. The zero-order valence-electron chi connectivity index (χ0n) is 18.6. The predicted octanol–water partition coefficient (Wildman–Crippen LogP) is 4.97. The van der Waals surface area contributed by atoms with Gasteiger partial charge < -0.3 is 11.1 Å². The number of carbonyl (C=O) groups excluding carboxylic acids is 1. The van der Waals surface area contributed by atoms with Gasteiger partial charge in [0.1, 0.15) is 0 Å². The van der Waals surface area contributed by atoms with E-state index >= 15 is 0 Å². The van der Waals surface area contributed by atoms with E-state index < -0.39 is 0 Å². The van der Waals surface area contributed by atoms with Gasteiger partial charge in [-0.3, -0.25) is 15.3 Å². The summed E-state index contributed by atoms with van der Waals surface area (Å²) in [5, 5.41) is 6.03. The molecule has 8 nitrogen and oxygen atoms in total. The molecule has 0 atom stereocenters. The highest BCUT2D eigenvalue weighted by molar-refractivity contribution is 7.22. The quantitative estimate of drug-likeness (QED) is 0.267. The lowest BCUT2D eigenvalue weighted by molar-refractivity contribution is 0.252. The van der Waals surface area contributed by atoms with Gasteiger partial charge in [0.15, 0.2) is 5.13 Å². The van der Waals surface area contributed by atoms with Crippen LogP contribution in [0.2, 0.25) is 0 Å². The maximum atomic E-state index is 12.0. The first kappa shape index (κ1) is 23.1. The molecule has 2 amide bonds. The molecule has 2 heterocycles. The van der Waals surface area contributed by atoms with E-state index in [0.717, 1.165) is 39.0 Å². The number of allylic oxidation sites excluding steroid dienone is 3. The Balaban J connectivity index is 2.21. The summed E-state index contributed by atoms with van der Waals surface area (Å²) in [7, 11) is 0. The van der Waals surface area contributed by atoms with Crippen LogP contribution in [0.15, 0.2) is 53.6 Å². The van der Waals surface area contributed by atoms with Gasteiger partial charge >= 0.3 is 6.03 Å². The number of carbonyl (C=O) groups is 1. The number of thiazole rings is 1. The number of nitrogens with one attached hydrogen (secondary N) is 2. The normalized spacial score (nSPS) is 12.8. The molecule has 0 saturated heterocycles. The molecule has 0 bridgehead atoms. The molecule has 32 heavy (non-hydrogen) atoms. The minimum Gasteiger partial charge on any atom is -0.387 e. The van der Waals surface area contributed by atoms with Gasteiger partial charge in [-0.15, -0.1) is 0 Å². The minimum atomic E-state index is -0.289. The Morgan fingerprint density at radius 3 is 2.72 bits per heavy atom. The zero-order chi connectivity index (χ0) is 23.1. The number of urea groups is 1. The highest BCUT2D eigenvalue weighted by Crippen LogP contribution is 2.37. The third-order valence-corrected chi connectivity index (χ3v) is 5.61. The van der Waals surface area contributed by atoms with Crippen molar-refractivity contribution in [2.45, 2.75) is 34.1 Å². The van der Waals surface area contributed by atoms with Crippen LogP contribution in [0.25, 0.3) is 27.0 Å². The van der Waals surface area contributed by atoms with E-state index in [1.54, 1.807) is 31.7 Å². The van der Waals surface area contributed by atoms with Crippen LogP contribution in [0, 0.1) is 0 Å². The summed E-state index contributed by atoms with van der Waals surface area (Å²) in [6, 6.07) is 3.75. The smallest absolute Gasteiger partial charge is 0.321 e. The van der Waals surface area contributed by atoms with Crippen LogP contribution >= 0.6 is 11.3 Å². The molecular weight excluding hydrogens is 422 g/mol. The first-order chi connectivity index (χ1) is 15.4. The van der Waals surface area contributed by atoms with Gasteiger partial charge in [0.25, 0.3) is 0 Å². The van der Waals surface area contributed by atoms with Crippen molar-refractivity contribution < 1.29 is 4.79 Å².